The highest BCUT2D eigenvalue weighted by molar-refractivity contribution is 5.88. The van der Waals surface area contributed by atoms with Crippen molar-refractivity contribution in [2.45, 2.75) is 45.8 Å². The minimum atomic E-state index is -0.402. The number of nitrogens with one attached hydrogen (secondary N) is 1. The number of anilines is 1. The second kappa shape index (κ2) is 7.13. The Balaban J connectivity index is 2.59. The lowest BCUT2D eigenvalue weighted by molar-refractivity contribution is 0.167. The SMILES string of the molecule is CCC(C)n1nccc1NC(=O)N(C)CCC(C)O. The fraction of sp³-hybridized carbons (Fsp3) is 0.692. The number of carbonyl (C=O) groups is 1. The minimum absolute atomic E-state index is 0.189. The summed E-state index contributed by atoms with van der Waals surface area (Å²) in [6.45, 7) is 6.36. The highest BCUT2D eigenvalue weighted by atomic mass is 16.3. The predicted octanol–water partition coefficient (Wildman–Crippen LogP) is 2.09. The number of nitrogens with zero attached hydrogens (tertiary/aromatic N) is 3. The monoisotopic (exact) mass is 268 g/mol. The van der Waals surface area contributed by atoms with Crippen LogP contribution in [0.2, 0.25) is 0 Å². The highest BCUT2D eigenvalue weighted by Gasteiger charge is 2.14. The van der Waals surface area contributed by atoms with Crippen LogP contribution in [0.3, 0.4) is 0 Å². The largest absolute Gasteiger partial charge is 0.393 e. The van der Waals surface area contributed by atoms with Crippen molar-refractivity contribution >= 4 is 11.8 Å². The van der Waals surface area contributed by atoms with Crippen molar-refractivity contribution in [1.82, 2.24) is 14.7 Å². The first-order valence-corrected chi connectivity index (χ1v) is 6.69. The van der Waals surface area contributed by atoms with Gasteiger partial charge in [-0.2, -0.15) is 5.10 Å². The van der Waals surface area contributed by atoms with Gasteiger partial charge in [0.25, 0.3) is 0 Å². The van der Waals surface area contributed by atoms with Crippen LogP contribution in [0.25, 0.3) is 0 Å². The van der Waals surface area contributed by atoms with Crippen LogP contribution in [0.15, 0.2) is 12.3 Å². The van der Waals surface area contributed by atoms with Gasteiger partial charge in [0.05, 0.1) is 18.3 Å². The molecule has 0 bridgehead atoms. The molecule has 1 heterocycles. The standard InChI is InChI=1S/C13H24N4O2/c1-5-10(2)17-12(6-8-14-17)15-13(19)16(4)9-7-11(3)18/h6,8,10-11,18H,5,7,9H2,1-4H3,(H,15,19). The molecule has 0 spiro atoms. The number of carbonyl (C=O) groups excluding carboxylic acids is 1. The van der Waals surface area contributed by atoms with Crippen molar-refractivity contribution < 1.29 is 9.90 Å². The molecule has 6 heteroatoms. The van der Waals surface area contributed by atoms with Crippen LogP contribution < -0.4 is 5.32 Å². The van der Waals surface area contributed by atoms with E-state index in [1.165, 1.54) is 0 Å². The Morgan fingerprint density at radius 2 is 2.26 bits per heavy atom. The number of amides is 2. The zero-order valence-electron chi connectivity index (χ0n) is 12.1. The van der Waals surface area contributed by atoms with Gasteiger partial charge < -0.3 is 10.0 Å². The molecular weight excluding hydrogens is 244 g/mol. The molecule has 0 radical (unpaired) electrons. The third-order valence-corrected chi connectivity index (χ3v) is 3.14. The van der Waals surface area contributed by atoms with E-state index in [2.05, 4.69) is 24.3 Å². The number of urea groups is 1. The van der Waals surface area contributed by atoms with Gasteiger partial charge in [-0.3, -0.25) is 5.32 Å². The Kier molecular flexibility index (Phi) is 5.82. The average molecular weight is 268 g/mol. The van der Waals surface area contributed by atoms with E-state index in [1.54, 1.807) is 35.8 Å². The molecule has 2 unspecified atom stereocenters. The summed E-state index contributed by atoms with van der Waals surface area (Å²) in [5, 5.41) is 16.3. The summed E-state index contributed by atoms with van der Waals surface area (Å²) < 4.78 is 1.81. The van der Waals surface area contributed by atoms with E-state index in [-0.39, 0.29) is 12.1 Å². The Hall–Kier alpha value is -1.56. The summed E-state index contributed by atoms with van der Waals surface area (Å²) in [5.74, 6) is 0.697. The lowest BCUT2D eigenvalue weighted by atomic mass is 10.3. The molecule has 1 rings (SSSR count). The van der Waals surface area contributed by atoms with Crippen molar-refractivity contribution in [2.75, 3.05) is 18.9 Å². The zero-order chi connectivity index (χ0) is 14.4. The lowest BCUT2D eigenvalue weighted by Crippen LogP contribution is -2.34. The maximum Gasteiger partial charge on any atom is 0.322 e. The fourth-order valence-corrected chi connectivity index (χ4v) is 1.62. The van der Waals surface area contributed by atoms with Crippen molar-refractivity contribution in [3.8, 4) is 0 Å². The second-order valence-electron chi connectivity index (χ2n) is 4.91. The van der Waals surface area contributed by atoms with Gasteiger partial charge in [0.2, 0.25) is 0 Å². The Labute approximate surface area is 114 Å². The molecule has 6 nitrogen and oxygen atoms in total. The maximum absolute atomic E-state index is 12.0. The van der Waals surface area contributed by atoms with Crippen molar-refractivity contribution in [1.29, 1.82) is 0 Å². The van der Waals surface area contributed by atoms with Gasteiger partial charge in [-0.1, -0.05) is 6.92 Å². The summed E-state index contributed by atoms with van der Waals surface area (Å²) in [7, 11) is 1.71. The topological polar surface area (TPSA) is 70.4 Å². The van der Waals surface area contributed by atoms with Crippen LogP contribution in [0.1, 0.15) is 39.7 Å². The predicted molar refractivity (Wildman–Crippen MR) is 75.2 cm³/mol. The number of rotatable bonds is 6. The summed E-state index contributed by atoms with van der Waals surface area (Å²) in [5.41, 5.74) is 0. The Bertz CT molecular complexity index is 403. The number of aliphatic hydroxyl groups is 1. The van der Waals surface area contributed by atoms with E-state index in [1.807, 2.05) is 0 Å². The molecule has 108 valence electrons. The van der Waals surface area contributed by atoms with Gasteiger partial charge in [-0.15, -0.1) is 0 Å². The van der Waals surface area contributed by atoms with Gasteiger partial charge in [-0.25, -0.2) is 9.48 Å². The van der Waals surface area contributed by atoms with Crippen molar-refractivity contribution in [3.63, 3.8) is 0 Å². The van der Waals surface area contributed by atoms with Crippen LogP contribution in [-0.4, -0.2) is 45.5 Å². The first kappa shape index (κ1) is 15.5. The number of hydrogen-bond donors (Lipinski definition) is 2. The first-order chi connectivity index (χ1) is 8.95. The number of aromatic nitrogens is 2. The van der Waals surface area contributed by atoms with Gasteiger partial charge >= 0.3 is 6.03 Å². The fourth-order valence-electron chi connectivity index (χ4n) is 1.62. The van der Waals surface area contributed by atoms with Gasteiger partial charge in [-0.05, 0) is 26.7 Å². The van der Waals surface area contributed by atoms with E-state index in [4.69, 9.17) is 0 Å². The normalized spacial score (nSPS) is 13.9. The molecule has 0 fully saturated rings. The van der Waals surface area contributed by atoms with E-state index < -0.39 is 6.10 Å². The van der Waals surface area contributed by atoms with E-state index in [9.17, 15) is 9.90 Å². The molecule has 2 atom stereocenters. The molecule has 0 aliphatic carbocycles. The summed E-state index contributed by atoms with van der Waals surface area (Å²) in [6, 6.07) is 1.84. The smallest absolute Gasteiger partial charge is 0.322 e. The Morgan fingerprint density at radius 3 is 2.84 bits per heavy atom. The number of hydrogen-bond acceptors (Lipinski definition) is 3. The van der Waals surface area contributed by atoms with Crippen LogP contribution in [0, 0.1) is 0 Å². The molecule has 1 aromatic rings. The Morgan fingerprint density at radius 1 is 1.58 bits per heavy atom. The molecule has 0 aliphatic rings. The molecule has 0 saturated carbocycles. The molecule has 2 amide bonds. The quantitative estimate of drug-likeness (QED) is 0.830. The summed E-state index contributed by atoms with van der Waals surface area (Å²) in [4.78, 5) is 13.5. The third-order valence-electron chi connectivity index (χ3n) is 3.14. The highest BCUT2D eigenvalue weighted by Crippen LogP contribution is 2.16. The summed E-state index contributed by atoms with van der Waals surface area (Å²) >= 11 is 0. The second-order valence-corrected chi connectivity index (χ2v) is 4.91. The molecule has 19 heavy (non-hydrogen) atoms. The molecule has 2 N–H and O–H groups in total. The van der Waals surface area contributed by atoms with Gasteiger partial charge in [0, 0.05) is 19.7 Å². The third kappa shape index (κ3) is 4.55. The molecule has 0 aromatic carbocycles. The maximum atomic E-state index is 12.0. The number of aliphatic hydroxyl groups excluding tert-OH is 1. The minimum Gasteiger partial charge on any atom is -0.393 e. The van der Waals surface area contributed by atoms with E-state index >= 15 is 0 Å². The molecule has 1 aromatic heterocycles. The molecular formula is C13H24N4O2. The molecule has 0 saturated heterocycles. The lowest BCUT2D eigenvalue weighted by Gasteiger charge is -2.20. The van der Waals surface area contributed by atoms with Crippen molar-refractivity contribution in [2.24, 2.45) is 0 Å². The van der Waals surface area contributed by atoms with E-state index in [0.717, 1.165) is 6.42 Å². The van der Waals surface area contributed by atoms with Crippen LogP contribution >= 0.6 is 0 Å². The summed E-state index contributed by atoms with van der Waals surface area (Å²) in [6.07, 6.45) is 2.79. The average Bonchev–Trinajstić information content (AvgIpc) is 2.82. The van der Waals surface area contributed by atoms with Crippen molar-refractivity contribution in [3.05, 3.63) is 12.3 Å². The van der Waals surface area contributed by atoms with E-state index in [0.29, 0.717) is 18.8 Å². The van der Waals surface area contributed by atoms with Gasteiger partial charge in [0.1, 0.15) is 5.82 Å². The first-order valence-electron chi connectivity index (χ1n) is 6.69. The van der Waals surface area contributed by atoms with Crippen LogP contribution in [0.5, 0.6) is 0 Å². The molecule has 0 aliphatic heterocycles. The van der Waals surface area contributed by atoms with Gasteiger partial charge in [0.15, 0.2) is 0 Å². The van der Waals surface area contributed by atoms with Crippen LogP contribution in [-0.2, 0) is 0 Å². The van der Waals surface area contributed by atoms with Crippen LogP contribution in [0.4, 0.5) is 10.6 Å². The zero-order valence-corrected chi connectivity index (χ0v) is 12.1.